The van der Waals surface area contributed by atoms with Crippen LogP contribution in [0.4, 0.5) is 17.6 Å². The Morgan fingerprint density at radius 2 is 1.59 bits per heavy atom. The summed E-state index contributed by atoms with van der Waals surface area (Å²) in [6, 6.07) is 19.4. The van der Waals surface area contributed by atoms with Gasteiger partial charge in [0.05, 0.1) is 18.2 Å². The van der Waals surface area contributed by atoms with Crippen molar-refractivity contribution >= 4 is 5.78 Å². The standard InChI is InChI=1S/C32H20F4N6O2/c33-26-12-13-27(28(34)16-26)31(44,19-42-20-39-40-41-42)32(35,36)30-14-9-24(18-38-30)6-1-21-7-10-25(11-8-21)29(43)15-22-2-4-23(17-37)5-3-22/h2-5,7-14,16,18,20,44H,15,19H2. The molecule has 12 heteroatoms. The molecule has 1 N–H and O–H groups in total. The zero-order valence-electron chi connectivity index (χ0n) is 22.6. The van der Waals surface area contributed by atoms with Crippen LogP contribution in [-0.4, -0.2) is 36.1 Å². The Morgan fingerprint density at radius 1 is 0.909 bits per heavy atom. The normalized spacial score (nSPS) is 12.5. The van der Waals surface area contributed by atoms with Gasteiger partial charge in [-0.1, -0.05) is 36.1 Å². The summed E-state index contributed by atoms with van der Waals surface area (Å²) in [5, 5.41) is 30.3. The van der Waals surface area contributed by atoms with E-state index in [1.807, 2.05) is 6.07 Å². The highest BCUT2D eigenvalue weighted by atomic mass is 19.3. The lowest BCUT2D eigenvalue weighted by molar-refractivity contribution is -0.207. The van der Waals surface area contributed by atoms with Crippen molar-refractivity contribution in [1.29, 1.82) is 5.26 Å². The molecule has 1 atom stereocenters. The van der Waals surface area contributed by atoms with Gasteiger partial charge in [0, 0.05) is 40.9 Å². The zero-order valence-corrected chi connectivity index (χ0v) is 22.6. The van der Waals surface area contributed by atoms with Gasteiger partial charge in [0.1, 0.15) is 23.7 Å². The van der Waals surface area contributed by atoms with Crippen LogP contribution in [0.1, 0.15) is 43.9 Å². The van der Waals surface area contributed by atoms with Gasteiger partial charge in [-0.25, -0.2) is 13.5 Å². The van der Waals surface area contributed by atoms with Crippen LogP contribution in [0.5, 0.6) is 0 Å². The van der Waals surface area contributed by atoms with Gasteiger partial charge in [0.2, 0.25) is 0 Å². The van der Waals surface area contributed by atoms with E-state index < -0.39 is 41.0 Å². The van der Waals surface area contributed by atoms with Crippen LogP contribution < -0.4 is 0 Å². The Morgan fingerprint density at radius 3 is 2.20 bits per heavy atom. The molecular formula is C32H20F4N6O2. The molecule has 5 aromatic rings. The molecule has 0 saturated heterocycles. The number of nitrogens with zero attached hydrogens (tertiary/aromatic N) is 6. The van der Waals surface area contributed by atoms with Crippen molar-refractivity contribution in [2.75, 3.05) is 0 Å². The van der Waals surface area contributed by atoms with Crippen molar-refractivity contribution in [3.63, 3.8) is 0 Å². The molecule has 2 heterocycles. The summed E-state index contributed by atoms with van der Waals surface area (Å²) in [6.07, 6.45) is 2.20. The fourth-order valence-electron chi connectivity index (χ4n) is 4.40. The Balaban J connectivity index is 1.33. The number of tetrazole rings is 1. The minimum atomic E-state index is -4.19. The lowest BCUT2D eigenvalue weighted by Crippen LogP contribution is -2.48. The molecule has 0 aliphatic heterocycles. The zero-order chi connectivity index (χ0) is 31.3. The van der Waals surface area contributed by atoms with E-state index in [0.29, 0.717) is 22.8 Å². The predicted molar refractivity (Wildman–Crippen MR) is 148 cm³/mol. The Bertz CT molecular complexity index is 1890. The lowest BCUT2D eigenvalue weighted by atomic mass is 9.84. The van der Waals surface area contributed by atoms with Crippen molar-refractivity contribution in [2.24, 2.45) is 0 Å². The summed E-state index contributed by atoms with van der Waals surface area (Å²) in [7, 11) is 0. The Kier molecular flexibility index (Phi) is 8.29. The molecule has 44 heavy (non-hydrogen) atoms. The maximum atomic E-state index is 15.9. The van der Waals surface area contributed by atoms with E-state index in [0.717, 1.165) is 41.0 Å². The second-order valence-corrected chi connectivity index (χ2v) is 9.73. The maximum Gasteiger partial charge on any atom is 0.323 e. The van der Waals surface area contributed by atoms with Gasteiger partial charge in [-0.05, 0) is 64.5 Å². The summed E-state index contributed by atoms with van der Waals surface area (Å²) < 4.78 is 60.8. The molecule has 0 spiro atoms. The van der Waals surface area contributed by atoms with Gasteiger partial charge in [-0.3, -0.25) is 9.78 Å². The number of halogens is 4. The van der Waals surface area contributed by atoms with E-state index in [4.69, 9.17) is 5.26 Å². The summed E-state index contributed by atoms with van der Waals surface area (Å²) in [5.41, 5.74) is -2.45. The quantitative estimate of drug-likeness (QED) is 0.156. The minimum Gasteiger partial charge on any atom is -0.377 e. The average Bonchev–Trinajstić information content (AvgIpc) is 3.53. The van der Waals surface area contributed by atoms with E-state index in [9.17, 15) is 18.7 Å². The number of Topliss-reactive ketones (excluding diaryl/α,β-unsaturated/α-hetero) is 1. The topological polar surface area (TPSA) is 118 Å². The third kappa shape index (κ3) is 6.21. The number of benzene rings is 3. The molecule has 218 valence electrons. The van der Waals surface area contributed by atoms with Crippen molar-refractivity contribution in [3.05, 3.63) is 142 Å². The third-order valence-corrected chi connectivity index (χ3v) is 6.77. The van der Waals surface area contributed by atoms with Gasteiger partial charge >= 0.3 is 5.92 Å². The van der Waals surface area contributed by atoms with Crippen LogP contribution >= 0.6 is 0 Å². The van der Waals surface area contributed by atoms with E-state index in [1.54, 1.807) is 48.5 Å². The second-order valence-electron chi connectivity index (χ2n) is 9.73. The lowest BCUT2D eigenvalue weighted by Gasteiger charge is -2.35. The molecular weight excluding hydrogens is 576 g/mol. The largest absolute Gasteiger partial charge is 0.377 e. The number of hydrogen-bond acceptors (Lipinski definition) is 7. The SMILES string of the molecule is N#Cc1ccc(CC(=O)c2ccc(C#Cc3ccc(C(F)(F)C(O)(Cn4cnnn4)c4ccc(F)cc4F)nc3)cc2)cc1. The number of hydrogen-bond donors (Lipinski definition) is 1. The number of aliphatic hydroxyl groups is 1. The number of ketones is 1. The maximum absolute atomic E-state index is 15.9. The molecule has 0 bridgehead atoms. The molecule has 0 aliphatic carbocycles. The van der Waals surface area contributed by atoms with Crippen LogP contribution in [0.15, 0.2) is 91.4 Å². The van der Waals surface area contributed by atoms with E-state index in [-0.39, 0.29) is 17.8 Å². The Hall–Kier alpha value is -5.72. The number of carbonyl (C=O) groups excluding carboxylic acids is 1. The van der Waals surface area contributed by atoms with Gasteiger partial charge in [-0.15, -0.1) is 5.10 Å². The molecule has 0 fully saturated rings. The number of rotatable bonds is 8. The molecule has 3 aromatic carbocycles. The predicted octanol–water partition coefficient (Wildman–Crippen LogP) is 4.72. The van der Waals surface area contributed by atoms with Gasteiger partial charge in [0.25, 0.3) is 0 Å². The first-order valence-electron chi connectivity index (χ1n) is 13.0. The smallest absolute Gasteiger partial charge is 0.323 e. The summed E-state index contributed by atoms with van der Waals surface area (Å²) in [4.78, 5) is 16.4. The molecule has 5 rings (SSSR count). The van der Waals surface area contributed by atoms with E-state index >= 15 is 8.78 Å². The monoisotopic (exact) mass is 596 g/mol. The number of carbonyl (C=O) groups is 1. The van der Waals surface area contributed by atoms with Gasteiger partial charge in [0.15, 0.2) is 11.4 Å². The first kappa shape index (κ1) is 29.8. The fraction of sp³-hybridized carbons (Fsp3) is 0.125. The molecule has 0 radical (unpaired) electrons. The van der Waals surface area contributed by atoms with Crippen molar-refractivity contribution < 1.29 is 27.5 Å². The highest BCUT2D eigenvalue weighted by molar-refractivity contribution is 5.97. The van der Waals surface area contributed by atoms with Gasteiger partial charge in [-0.2, -0.15) is 14.0 Å². The highest BCUT2D eigenvalue weighted by Crippen LogP contribution is 2.46. The first-order valence-corrected chi connectivity index (χ1v) is 13.0. The molecule has 8 nitrogen and oxygen atoms in total. The van der Waals surface area contributed by atoms with Crippen molar-refractivity contribution in [1.82, 2.24) is 25.2 Å². The van der Waals surface area contributed by atoms with Crippen LogP contribution in [0.3, 0.4) is 0 Å². The second kappa shape index (κ2) is 12.3. The van der Waals surface area contributed by atoms with Crippen molar-refractivity contribution in [3.8, 4) is 17.9 Å². The summed E-state index contributed by atoms with van der Waals surface area (Å²) in [5.74, 6) is -1.04. The number of alkyl halides is 2. The van der Waals surface area contributed by atoms with Crippen LogP contribution in [0, 0.1) is 34.8 Å². The van der Waals surface area contributed by atoms with E-state index in [2.05, 4.69) is 32.4 Å². The van der Waals surface area contributed by atoms with Crippen LogP contribution in [-0.2, 0) is 24.5 Å². The molecule has 2 aromatic heterocycles. The molecule has 1 unspecified atom stereocenters. The van der Waals surface area contributed by atoms with Gasteiger partial charge < -0.3 is 5.11 Å². The fourth-order valence-corrected chi connectivity index (χ4v) is 4.40. The Labute approximate surface area is 248 Å². The summed E-state index contributed by atoms with van der Waals surface area (Å²) in [6.45, 7) is -0.967. The molecule has 0 amide bonds. The first-order chi connectivity index (χ1) is 21.1. The van der Waals surface area contributed by atoms with E-state index in [1.165, 1.54) is 6.07 Å². The van der Waals surface area contributed by atoms with Crippen molar-refractivity contribution in [2.45, 2.75) is 24.5 Å². The highest BCUT2D eigenvalue weighted by Gasteiger charge is 2.58. The third-order valence-electron chi connectivity index (χ3n) is 6.77. The van der Waals surface area contributed by atoms with Crippen LogP contribution in [0.25, 0.3) is 0 Å². The molecule has 0 aliphatic rings. The summed E-state index contributed by atoms with van der Waals surface area (Å²) >= 11 is 0. The number of pyridine rings is 1. The molecule has 0 saturated carbocycles. The minimum absolute atomic E-state index is 0.115. The number of aromatic nitrogens is 5. The van der Waals surface area contributed by atoms with Crippen LogP contribution in [0.2, 0.25) is 0 Å². The number of nitriles is 1. The average molecular weight is 597 g/mol.